The maximum atomic E-state index is 13.3. The van der Waals surface area contributed by atoms with Gasteiger partial charge < -0.3 is 19.4 Å². The summed E-state index contributed by atoms with van der Waals surface area (Å²) in [6, 6.07) is 7.91. The van der Waals surface area contributed by atoms with Crippen molar-refractivity contribution in [3.63, 3.8) is 0 Å². The molecule has 0 spiro atoms. The number of amides is 2. The van der Waals surface area contributed by atoms with Crippen LogP contribution < -0.4 is 0 Å². The fraction of sp³-hybridized carbons (Fsp3) is 0.429. The molecule has 5 rings (SSSR count). The smallest absolute Gasteiger partial charge is 0.270 e. The third-order valence-corrected chi connectivity index (χ3v) is 6.15. The van der Waals surface area contributed by atoms with E-state index in [0.29, 0.717) is 31.9 Å². The summed E-state index contributed by atoms with van der Waals surface area (Å²) in [5.41, 5.74) is 2.74. The van der Waals surface area contributed by atoms with Crippen LogP contribution in [0.1, 0.15) is 53.5 Å². The van der Waals surface area contributed by atoms with Gasteiger partial charge in [-0.1, -0.05) is 12.1 Å². The van der Waals surface area contributed by atoms with Gasteiger partial charge in [0.1, 0.15) is 5.69 Å². The van der Waals surface area contributed by atoms with Crippen molar-refractivity contribution >= 4 is 22.7 Å². The molecule has 2 aliphatic rings. The number of hydrogen-bond donors (Lipinski definition) is 1. The number of nitrogens with zero attached hydrogens (tertiary/aromatic N) is 5. The molecular formula is C21H24N6O2. The molecule has 0 unspecified atom stereocenters. The van der Waals surface area contributed by atoms with Gasteiger partial charge in [-0.05, 0) is 37.5 Å². The lowest BCUT2D eigenvalue weighted by atomic mass is 10.1. The van der Waals surface area contributed by atoms with Crippen molar-refractivity contribution in [2.45, 2.75) is 45.8 Å². The second-order valence-corrected chi connectivity index (χ2v) is 7.94. The van der Waals surface area contributed by atoms with Crippen molar-refractivity contribution in [2.24, 2.45) is 0 Å². The van der Waals surface area contributed by atoms with Gasteiger partial charge in [-0.3, -0.25) is 9.59 Å². The number of aromatic amines is 1. The summed E-state index contributed by atoms with van der Waals surface area (Å²) in [4.78, 5) is 32.0. The minimum Gasteiger partial charge on any atom is -0.351 e. The van der Waals surface area contributed by atoms with Crippen LogP contribution >= 0.6 is 0 Å². The maximum absolute atomic E-state index is 13.3. The Labute approximate surface area is 168 Å². The summed E-state index contributed by atoms with van der Waals surface area (Å²) >= 11 is 0. The van der Waals surface area contributed by atoms with Crippen LogP contribution in [0.4, 0.5) is 0 Å². The van der Waals surface area contributed by atoms with Crippen LogP contribution in [0.5, 0.6) is 0 Å². The highest BCUT2D eigenvalue weighted by molar-refractivity contribution is 5.99. The predicted octanol–water partition coefficient (Wildman–Crippen LogP) is 2.41. The predicted molar refractivity (Wildman–Crippen MR) is 107 cm³/mol. The highest BCUT2D eigenvalue weighted by Gasteiger charge is 2.36. The van der Waals surface area contributed by atoms with Crippen molar-refractivity contribution in [3.05, 3.63) is 47.2 Å². The molecule has 2 aliphatic heterocycles. The lowest BCUT2D eigenvalue weighted by molar-refractivity contribution is -0.130. The molecule has 150 valence electrons. The highest BCUT2D eigenvalue weighted by Crippen LogP contribution is 2.34. The topological polar surface area (TPSA) is 87.1 Å². The van der Waals surface area contributed by atoms with Crippen molar-refractivity contribution in [1.82, 2.24) is 29.5 Å². The van der Waals surface area contributed by atoms with Crippen LogP contribution in [0.25, 0.3) is 10.9 Å². The standard InChI is InChI=1S/C21H24N6O2/c1-13-5-3-6-16-15(13)11-17(22-16)21(29)26-8-4-7-18(26)20-24-23-19-12-25(14(2)28)9-10-27(19)20/h3,5-6,11,18,22H,4,7-10,12H2,1-2H3/t18-/m0/s1. The molecule has 8 nitrogen and oxygen atoms in total. The molecule has 1 atom stereocenters. The number of aromatic nitrogens is 4. The molecule has 0 radical (unpaired) electrons. The van der Waals surface area contributed by atoms with Gasteiger partial charge in [0.15, 0.2) is 11.6 Å². The molecule has 1 aromatic carbocycles. The van der Waals surface area contributed by atoms with Crippen LogP contribution in [-0.4, -0.2) is 54.5 Å². The largest absolute Gasteiger partial charge is 0.351 e. The first kappa shape index (κ1) is 17.9. The Morgan fingerprint density at radius 3 is 2.83 bits per heavy atom. The first-order valence-electron chi connectivity index (χ1n) is 10.1. The molecule has 2 aromatic heterocycles. The number of likely N-dealkylation sites (tertiary alicyclic amines) is 1. The van der Waals surface area contributed by atoms with Gasteiger partial charge in [-0.15, -0.1) is 10.2 Å². The number of aryl methyl sites for hydroxylation is 1. The van der Waals surface area contributed by atoms with E-state index in [0.717, 1.165) is 41.0 Å². The number of rotatable bonds is 2. The molecular weight excluding hydrogens is 368 g/mol. The molecule has 0 aliphatic carbocycles. The Morgan fingerprint density at radius 2 is 2.03 bits per heavy atom. The molecule has 2 amide bonds. The minimum atomic E-state index is -0.0832. The van der Waals surface area contributed by atoms with Gasteiger partial charge in [-0.25, -0.2) is 0 Å². The van der Waals surface area contributed by atoms with Crippen LogP contribution in [-0.2, 0) is 17.9 Å². The zero-order valence-electron chi connectivity index (χ0n) is 16.7. The van der Waals surface area contributed by atoms with Gasteiger partial charge in [0.25, 0.3) is 5.91 Å². The van der Waals surface area contributed by atoms with E-state index in [4.69, 9.17) is 0 Å². The van der Waals surface area contributed by atoms with E-state index in [1.54, 1.807) is 11.8 Å². The Balaban J connectivity index is 1.44. The third kappa shape index (κ3) is 2.90. The van der Waals surface area contributed by atoms with E-state index in [2.05, 4.69) is 32.7 Å². The summed E-state index contributed by atoms with van der Waals surface area (Å²) in [6.07, 6.45) is 1.82. The van der Waals surface area contributed by atoms with Crippen LogP contribution in [0.2, 0.25) is 0 Å². The molecule has 29 heavy (non-hydrogen) atoms. The van der Waals surface area contributed by atoms with Crippen LogP contribution in [0.3, 0.4) is 0 Å². The zero-order valence-corrected chi connectivity index (χ0v) is 16.7. The van der Waals surface area contributed by atoms with Gasteiger partial charge in [0, 0.05) is 37.5 Å². The molecule has 0 saturated carbocycles. The fourth-order valence-electron chi connectivity index (χ4n) is 4.55. The van der Waals surface area contributed by atoms with E-state index < -0.39 is 0 Å². The summed E-state index contributed by atoms with van der Waals surface area (Å²) in [5, 5.41) is 9.83. The van der Waals surface area contributed by atoms with Crippen molar-refractivity contribution < 1.29 is 9.59 Å². The van der Waals surface area contributed by atoms with Gasteiger partial charge in [0.2, 0.25) is 5.91 Å². The molecule has 1 fully saturated rings. The van der Waals surface area contributed by atoms with Crippen molar-refractivity contribution in [2.75, 3.05) is 13.1 Å². The summed E-state index contributed by atoms with van der Waals surface area (Å²) in [7, 11) is 0. The zero-order chi connectivity index (χ0) is 20.1. The second kappa shape index (κ2) is 6.72. The third-order valence-electron chi connectivity index (χ3n) is 6.15. The number of hydrogen-bond acceptors (Lipinski definition) is 4. The van der Waals surface area contributed by atoms with Crippen molar-refractivity contribution in [3.8, 4) is 0 Å². The Hall–Kier alpha value is -3.16. The lowest BCUT2D eigenvalue weighted by Gasteiger charge is -2.29. The molecule has 1 N–H and O–H groups in total. The second-order valence-electron chi connectivity index (χ2n) is 7.94. The summed E-state index contributed by atoms with van der Waals surface area (Å²) < 4.78 is 2.09. The van der Waals surface area contributed by atoms with Crippen LogP contribution in [0, 0.1) is 6.92 Å². The Kier molecular flexibility index (Phi) is 4.15. The Morgan fingerprint density at radius 1 is 1.17 bits per heavy atom. The van der Waals surface area contributed by atoms with Gasteiger partial charge in [-0.2, -0.15) is 0 Å². The van der Waals surface area contributed by atoms with E-state index in [9.17, 15) is 9.59 Å². The highest BCUT2D eigenvalue weighted by atomic mass is 16.2. The SMILES string of the molecule is CC(=O)N1CCn2c(nnc2[C@@H]2CCCN2C(=O)c2cc3c(C)cccc3[nH]2)C1. The quantitative estimate of drug-likeness (QED) is 0.726. The maximum Gasteiger partial charge on any atom is 0.270 e. The van der Waals surface area contributed by atoms with E-state index in [1.165, 1.54) is 0 Å². The molecule has 4 heterocycles. The first-order valence-corrected chi connectivity index (χ1v) is 10.1. The summed E-state index contributed by atoms with van der Waals surface area (Å²) in [5.74, 6) is 1.68. The molecule has 8 heteroatoms. The lowest BCUT2D eigenvalue weighted by Crippen LogP contribution is -2.38. The average molecular weight is 392 g/mol. The van der Waals surface area contributed by atoms with E-state index in [-0.39, 0.29) is 17.9 Å². The van der Waals surface area contributed by atoms with Crippen molar-refractivity contribution in [1.29, 1.82) is 0 Å². The number of carbonyl (C=O) groups is 2. The molecule has 1 saturated heterocycles. The first-order chi connectivity index (χ1) is 14.0. The normalized spacial score (nSPS) is 19.0. The van der Waals surface area contributed by atoms with E-state index in [1.807, 2.05) is 23.1 Å². The van der Waals surface area contributed by atoms with Gasteiger partial charge >= 0.3 is 0 Å². The fourth-order valence-corrected chi connectivity index (χ4v) is 4.55. The number of fused-ring (bicyclic) bond motifs is 2. The Bertz CT molecular complexity index is 1110. The van der Waals surface area contributed by atoms with Crippen LogP contribution in [0.15, 0.2) is 24.3 Å². The molecule has 0 bridgehead atoms. The number of nitrogens with one attached hydrogen (secondary N) is 1. The summed E-state index contributed by atoms with van der Waals surface area (Å²) in [6.45, 7) is 6.13. The molecule has 3 aromatic rings. The number of benzene rings is 1. The average Bonchev–Trinajstić information content (AvgIpc) is 3.44. The minimum absolute atomic E-state index is 0.00150. The monoisotopic (exact) mass is 392 g/mol. The number of H-pyrrole nitrogens is 1. The number of carbonyl (C=O) groups excluding carboxylic acids is 2. The van der Waals surface area contributed by atoms with E-state index >= 15 is 0 Å². The van der Waals surface area contributed by atoms with Gasteiger partial charge in [0.05, 0.1) is 12.6 Å².